The highest BCUT2D eigenvalue weighted by molar-refractivity contribution is 7.46. The smallest absolute Gasteiger partial charge is 0.394 e. The monoisotopic (exact) mass is 246 g/mol. The first-order valence-corrected chi connectivity index (χ1v) is 5.63. The molecule has 0 amide bonds. The molecule has 8 nitrogen and oxygen atoms in total. The van der Waals surface area contributed by atoms with Gasteiger partial charge in [0.2, 0.25) is 0 Å². The quantitative estimate of drug-likeness (QED) is 0.305. The van der Waals surface area contributed by atoms with E-state index in [1.165, 1.54) is 0 Å². The zero-order valence-electron chi connectivity index (χ0n) is 7.89. The summed E-state index contributed by atoms with van der Waals surface area (Å²) in [5, 5.41) is 26.3. The summed E-state index contributed by atoms with van der Waals surface area (Å²) < 4.78 is 18.9. The minimum atomic E-state index is -4.58. The molecule has 0 spiro atoms. The van der Waals surface area contributed by atoms with Crippen molar-refractivity contribution in [2.24, 2.45) is 0 Å². The average Bonchev–Trinajstić information content (AvgIpc) is 2.13. The zero-order valence-corrected chi connectivity index (χ0v) is 8.79. The minimum Gasteiger partial charge on any atom is -0.394 e. The fourth-order valence-corrected chi connectivity index (χ4v) is 0.990. The van der Waals surface area contributed by atoms with Crippen LogP contribution in [0.25, 0.3) is 0 Å². The Morgan fingerprint density at radius 1 is 1.07 bits per heavy atom. The summed E-state index contributed by atoms with van der Waals surface area (Å²) in [5.41, 5.74) is 0. The molecule has 0 heterocycles. The summed E-state index contributed by atoms with van der Waals surface area (Å²) in [4.78, 5) is 16.6. The summed E-state index contributed by atoms with van der Waals surface area (Å²) in [6, 6.07) is 0. The van der Waals surface area contributed by atoms with Gasteiger partial charge < -0.3 is 29.8 Å². The molecule has 0 aromatic rings. The van der Waals surface area contributed by atoms with Crippen LogP contribution in [0.15, 0.2) is 0 Å². The van der Waals surface area contributed by atoms with Crippen LogP contribution in [-0.2, 0) is 13.8 Å². The fourth-order valence-electron chi connectivity index (χ4n) is 0.624. The Kier molecular flexibility index (Phi) is 7.24. The largest absolute Gasteiger partial charge is 0.469 e. The van der Waals surface area contributed by atoms with Gasteiger partial charge in [-0.25, -0.2) is 4.57 Å². The van der Waals surface area contributed by atoms with E-state index in [9.17, 15) is 4.57 Å². The number of aliphatic hydroxyl groups is 3. The van der Waals surface area contributed by atoms with Crippen molar-refractivity contribution < 1.29 is 38.9 Å². The Hall–Kier alpha value is -0.0500. The van der Waals surface area contributed by atoms with Crippen molar-refractivity contribution in [3.63, 3.8) is 0 Å². The van der Waals surface area contributed by atoms with Gasteiger partial charge in [-0.15, -0.1) is 0 Å². The molecule has 2 unspecified atom stereocenters. The highest BCUT2D eigenvalue weighted by atomic mass is 31.2. The first-order valence-electron chi connectivity index (χ1n) is 4.10. The summed E-state index contributed by atoms with van der Waals surface area (Å²) in [7, 11) is -4.58. The van der Waals surface area contributed by atoms with Gasteiger partial charge in [0.1, 0.15) is 12.2 Å². The lowest BCUT2D eigenvalue weighted by Crippen LogP contribution is -2.26. The molecule has 0 rings (SSSR count). The molecule has 9 heteroatoms. The second-order valence-corrected chi connectivity index (χ2v) is 4.05. The summed E-state index contributed by atoms with van der Waals surface area (Å²) in [6.45, 7) is -1.46. The second kappa shape index (κ2) is 7.26. The molecule has 0 aliphatic heterocycles. The lowest BCUT2D eigenvalue weighted by atomic mass is 10.4. The lowest BCUT2D eigenvalue weighted by Gasteiger charge is -2.13. The van der Waals surface area contributed by atoms with Gasteiger partial charge in [0, 0.05) is 0 Å². The number of hydrogen-bond acceptors (Lipinski definition) is 6. The van der Waals surface area contributed by atoms with Crippen LogP contribution in [0.5, 0.6) is 0 Å². The number of rotatable bonds is 8. The summed E-state index contributed by atoms with van der Waals surface area (Å²) >= 11 is 0. The molecule has 0 aromatic heterocycles. The van der Waals surface area contributed by atoms with E-state index in [4.69, 9.17) is 29.8 Å². The molecule has 0 saturated carbocycles. The minimum absolute atomic E-state index is 0.177. The number of ether oxygens (including phenoxy) is 1. The van der Waals surface area contributed by atoms with E-state index in [-0.39, 0.29) is 13.2 Å². The van der Waals surface area contributed by atoms with Crippen LogP contribution in [0.1, 0.15) is 0 Å². The molecule has 2 atom stereocenters. The number of phosphoric acid groups is 1. The van der Waals surface area contributed by atoms with Crippen LogP contribution >= 0.6 is 7.82 Å². The Labute approximate surface area is 86.3 Å². The van der Waals surface area contributed by atoms with E-state index in [0.717, 1.165) is 0 Å². The third-order valence-electron chi connectivity index (χ3n) is 1.27. The van der Waals surface area contributed by atoms with Crippen molar-refractivity contribution >= 4 is 7.82 Å². The Balaban J connectivity index is 3.49. The predicted molar refractivity (Wildman–Crippen MR) is 47.9 cm³/mol. The fraction of sp³-hybridized carbons (Fsp3) is 1.00. The van der Waals surface area contributed by atoms with Crippen molar-refractivity contribution in [3.8, 4) is 0 Å². The van der Waals surface area contributed by atoms with Crippen molar-refractivity contribution in [1.29, 1.82) is 0 Å². The predicted octanol–water partition coefficient (Wildman–Crippen LogP) is -2.17. The van der Waals surface area contributed by atoms with Gasteiger partial charge in [-0.3, -0.25) is 4.52 Å². The molecule has 5 N–H and O–H groups in total. The zero-order chi connectivity index (χ0) is 11.9. The van der Waals surface area contributed by atoms with E-state index in [2.05, 4.69) is 4.52 Å². The molecular weight excluding hydrogens is 231 g/mol. The van der Waals surface area contributed by atoms with Gasteiger partial charge in [-0.05, 0) is 0 Å². The van der Waals surface area contributed by atoms with Crippen molar-refractivity contribution in [1.82, 2.24) is 0 Å². The number of aliphatic hydroxyl groups excluding tert-OH is 3. The molecule has 0 aliphatic rings. The third kappa shape index (κ3) is 10.2. The summed E-state index contributed by atoms with van der Waals surface area (Å²) in [6.07, 6.45) is -2.25. The Bertz CT molecular complexity index is 203. The molecule has 0 aliphatic carbocycles. The van der Waals surface area contributed by atoms with Gasteiger partial charge >= 0.3 is 7.82 Å². The number of hydrogen-bond donors (Lipinski definition) is 5. The van der Waals surface area contributed by atoms with E-state index in [1.807, 2.05) is 0 Å². The van der Waals surface area contributed by atoms with Crippen molar-refractivity contribution in [2.75, 3.05) is 26.4 Å². The van der Waals surface area contributed by atoms with E-state index in [1.54, 1.807) is 0 Å². The van der Waals surface area contributed by atoms with Crippen LogP contribution in [0.4, 0.5) is 0 Å². The van der Waals surface area contributed by atoms with Crippen molar-refractivity contribution in [3.05, 3.63) is 0 Å². The van der Waals surface area contributed by atoms with Crippen molar-refractivity contribution in [2.45, 2.75) is 12.2 Å². The maximum Gasteiger partial charge on any atom is 0.469 e. The van der Waals surface area contributed by atoms with Gasteiger partial charge in [0.15, 0.2) is 0 Å². The maximum absolute atomic E-state index is 10.2. The molecule has 0 radical (unpaired) electrons. The van der Waals surface area contributed by atoms with E-state index in [0.29, 0.717) is 0 Å². The van der Waals surface area contributed by atoms with Crippen LogP contribution in [0.2, 0.25) is 0 Å². The van der Waals surface area contributed by atoms with Crippen LogP contribution < -0.4 is 0 Å². The standard InChI is InChI=1S/C6H15O8P/c7-1-5(8)2-13-3-6(9)4-14-15(10,11)12/h5-9H,1-4H2,(H2,10,11,12). The first-order chi connectivity index (χ1) is 6.85. The van der Waals surface area contributed by atoms with Gasteiger partial charge in [-0.1, -0.05) is 0 Å². The SMILES string of the molecule is O=P(O)(O)OCC(O)COCC(O)CO. The average molecular weight is 246 g/mol. The Morgan fingerprint density at radius 2 is 1.60 bits per heavy atom. The van der Waals surface area contributed by atoms with Gasteiger partial charge in [0.05, 0.1) is 26.4 Å². The first kappa shape index (κ1) is 14.9. The maximum atomic E-state index is 10.2. The summed E-state index contributed by atoms with van der Waals surface area (Å²) in [5.74, 6) is 0. The topological polar surface area (TPSA) is 137 Å². The van der Waals surface area contributed by atoms with Gasteiger partial charge in [-0.2, -0.15) is 0 Å². The molecule has 92 valence electrons. The number of phosphoric ester groups is 1. The lowest BCUT2D eigenvalue weighted by molar-refractivity contribution is -0.0360. The molecule has 15 heavy (non-hydrogen) atoms. The van der Waals surface area contributed by atoms with Gasteiger partial charge in [0.25, 0.3) is 0 Å². The third-order valence-corrected chi connectivity index (χ3v) is 1.75. The molecule has 0 fully saturated rings. The Morgan fingerprint density at radius 3 is 2.07 bits per heavy atom. The van der Waals surface area contributed by atoms with Crippen LogP contribution in [0, 0.1) is 0 Å². The highest BCUT2D eigenvalue weighted by Gasteiger charge is 2.17. The van der Waals surface area contributed by atoms with E-state index < -0.39 is 33.2 Å². The molecule has 0 saturated heterocycles. The van der Waals surface area contributed by atoms with E-state index >= 15 is 0 Å². The second-order valence-electron chi connectivity index (χ2n) is 2.81. The molecule has 0 aromatic carbocycles. The molecule has 0 bridgehead atoms. The highest BCUT2D eigenvalue weighted by Crippen LogP contribution is 2.35. The normalized spacial score (nSPS) is 16.3. The molecular formula is C6H15O8P. The van der Waals surface area contributed by atoms with Crippen LogP contribution in [-0.4, -0.2) is 63.7 Å². The van der Waals surface area contributed by atoms with Crippen LogP contribution in [0.3, 0.4) is 0 Å².